The molecule has 1 rings (SSSR count). The first-order valence-electron chi connectivity index (χ1n) is 4.84. The normalized spacial score (nSPS) is 12.9. The summed E-state index contributed by atoms with van der Waals surface area (Å²) in [4.78, 5) is 0. The predicted octanol–water partition coefficient (Wildman–Crippen LogP) is 2.28. The van der Waals surface area contributed by atoms with Crippen LogP contribution in [0.25, 0.3) is 0 Å². The largest absolute Gasteiger partial charge is 0.396 e. The summed E-state index contributed by atoms with van der Waals surface area (Å²) < 4.78 is 0. The van der Waals surface area contributed by atoms with E-state index in [-0.39, 0.29) is 12.6 Å². The molecule has 0 saturated heterocycles. The van der Waals surface area contributed by atoms with Crippen LogP contribution in [-0.4, -0.2) is 11.7 Å². The number of halogens is 1. The monoisotopic (exact) mass is 213 g/mol. The Labute approximate surface area is 89.7 Å². The average molecular weight is 214 g/mol. The topological polar surface area (TPSA) is 46.2 Å². The molecule has 0 spiro atoms. The van der Waals surface area contributed by atoms with Gasteiger partial charge in [0, 0.05) is 17.7 Å². The van der Waals surface area contributed by atoms with Gasteiger partial charge in [-0.25, -0.2) is 0 Å². The van der Waals surface area contributed by atoms with E-state index in [0.29, 0.717) is 6.42 Å². The molecule has 0 aliphatic heterocycles. The Bertz CT molecular complexity index is 301. The molecule has 0 aliphatic carbocycles. The fourth-order valence-corrected chi connectivity index (χ4v) is 1.85. The Morgan fingerprint density at radius 1 is 1.50 bits per heavy atom. The molecule has 0 bridgehead atoms. The molecule has 14 heavy (non-hydrogen) atoms. The Hall–Kier alpha value is -0.570. The molecular weight excluding hydrogens is 198 g/mol. The van der Waals surface area contributed by atoms with E-state index in [4.69, 9.17) is 22.4 Å². The van der Waals surface area contributed by atoms with Crippen LogP contribution in [0.1, 0.15) is 30.5 Å². The van der Waals surface area contributed by atoms with E-state index < -0.39 is 0 Å². The summed E-state index contributed by atoms with van der Waals surface area (Å²) in [6.07, 6.45) is 1.45. The third-order valence-electron chi connectivity index (χ3n) is 2.33. The van der Waals surface area contributed by atoms with Gasteiger partial charge in [0.25, 0.3) is 0 Å². The van der Waals surface area contributed by atoms with Crippen LogP contribution in [0.15, 0.2) is 18.2 Å². The fraction of sp³-hybridized carbons (Fsp3) is 0.455. The van der Waals surface area contributed by atoms with E-state index in [9.17, 15) is 0 Å². The summed E-state index contributed by atoms with van der Waals surface area (Å²) in [7, 11) is 0. The molecule has 0 aromatic heterocycles. The predicted molar refractivity (Wildman–Crippen MR) is 59.5 cm³/mol. The summed E-state index contributed by atoms with van der Waals surface area (Å²) in [5, 5.41) is 9.54. The zero-order valence-electron chi connectivity index (χ0n) is 8.33. The quantitative estimate of drug-likeness (QED) is 0.806. The number of hydrogen-bond donors (Lipinski definition) is 2. The van der Waals surface area contributed by atoms with Gasteiger partial charge in [-0.2, -0.15) is 0 Å². The first-order chi connectivity index (χ1) is 6.70. The average Bonchev–Trinajstić information content (AvgIpc) is 2.18. The number of benzene rings is 1. The maximum absolute atomic E-state index is 8.79. The number of nitrogens with two attached hydrogens (primary N) is 1. The molecule has 0 heterocycles. The highest BCUT2D eigenvalue weighted by atomic mass is 35.5. The molecule has 1 aromatic rings. The van der Waals surface area contributed by atoms with Crippen molar-refractivity contribution in [1.29, 1.82) is 0 Å². The van der Waals surface area contributed by atoms with Crippen LogP contribution in [-0.2, 0) is 6.42 Å². The fourth-order valence-electron chi connectivity index (χ4n) is 1.45. The van der Waals surface area contributed by atoms with E-state index >= 15 is 0 Å². The minimum absolute atomic E-state index is 0.0911. The van der Waals surface area contributed by atoms with Gasteiger partial charge in [0.1, 0.15) is 0 Å². The molecule has 78 valence electrons. The third-order valence-corrected chi connectivity index (χ3v) is 2.79. The van der Waals surface area contributed by atoms with Crippen molar-refractivity contribution in [3.63, 3.8) is 0 Å². The van der Waals surface area contributed by atoms with Crippen LogP contribution in [0, 0.1) is 0 Å². The number of hydrogen-bond acceptors (Lipinski definition) is 2. The number of aliphatic hydroxyl groups excluding tert-OH is 1. The molecule has 0 radical (unpaired) electrons. The molecule has 1 unspecified atom stereocenters. The van der Waals surface area contributed by atoms with Crippen molar-refractivity contribution in [2.24, 2.45) is 5.73 Å². The highest BCUT2D eigenvalue weighted by Crippen LogP contribution is 2.27. The minimum Gasteiger partial charge on any atom is -0.396 e. The maximum Gasteiger partial charge on any atom is 0.0485 e. The lowest BCUT2D eigenvalue weighted by molar-refractivity contribution is 0.276. The highest BCUT2D eigenvalue weighted by molar-refractivity contribution is 6.32. The summed E-state index contributed by atoms with van der Waals surface area (Å²) in [5.74, 6) is 0. The lowest BCUT2D eigenvalue weighted by Crippen LogP contribution is -2.12. The van der Waals surface area contributed by atoms with E-state index in [1.165, 1.54) is 0 Å². The van der Waals surface area contributed by atoms with Crippen molar-refractivity contribution in [3.05, 3.63) is 34.3 Å². The molecule has 2 nitrogen and oxygen atoms in total. The van der Waals surface area contributed by atoms with Crippen LogP contribution >= 0.6 is 11.6 Å². The lowest BCUT2D eigenvalue weighted by atomic mass is 10.0. The second kappa shape index (κ2) is 5.35. The Morgan fingerprint density at radius 2 is 2.21 bits per heavy atom. The summed E-state index contributed by atoms with van der Waals surface area (Å²) in [5.41, 5.74) is 7.92. The van der Waals surface area contributed by atoms with E-state index in [1.807, 2.05) is 18.2 Å². The van der Waals surface area contributed by atoms with Crippen molar-refractivity contribution in [1.82, 2.24) is 0 Å². The first-order valence-corrected chi connectivity index (χ1v) is 5.22. The van der Waals surface area contributed by atoms with Gasteiger partial charge in [-0.15, -0.1) is 0 Å². The highest BCUT2D eigenvalue weighted by Gasteiger charge is 2.11. The number of aliphatic hydroxyl groups is 1. The lowest BCUT2D eigenvalue weighted by Gasteiger charge is -2.14. The van der Waals surface area contributed by atoms with E-state index in [1.54, 1.807) is 0 Å². The molecule has 3 heteroatoms. The summed E-state index contributed by atoms with van der Waals surface area (Å²) >= 11 is 6.18. The summed E-state index contributed by atoms with van der Waals surface area (Å²) in [6, 6.07) is 5.70. The molecule has 3 N–H and O–H groups in total. The van der Waals surface area contributed by atoms with Gasteiger partial charge in [0.15, 0.2) is 0 Å². The van der Waals surface area contributed by atoms with Gasteiger partial charge >= 0.3 is 0 Å². The van der Waals surface area contributed by atoms with Crippen molar-refractivity contribution in [2.45, 2.75) is 25.8 Å². The smallest absolute Gasteiger partial charge is 0.0485 e. The molecule has 0 saturated carbocycles. The Kier molecular flexibility index (Phi) is 4.39. The summed E-state index contributed by atoms with van der Waals surface area (Å²) in [6.45, 7) is 2.15. The van der Waals surface area contributed by atoms with Gasteiger partial charge in [-0.1, -0.05) is 36.7 Å². The van der Waals surface area contributed by atoms with E-state index in [2.05, 4.69) is 6.92 Å². The number of rotatable bonds is 4. The van der Waals surface area contributed by atoms with Gasteiger partial charge in [0.05, 0.1) is 0 Å². The zero-order chi connectivity index (χ0) is 10.6. The molecule has 0 amide bonds. The molecule has 1 atom stereocenters. The first kappa shape index (κ1) is 11.5. The van der Waals surface area contributed by atoms with E-state index in [0.717, 1.165) is 22.6 Å². The molecule has 1 aromatic carbocycles. The van der Waals surface area contributed by atoms with Crippen molar-refractivity contribution in [2.75, 3.05) is 6.61 Å². The van der Waals surface area contributed by atoms with Crippen LogP contribution in [0.4, 0.5) is 0 Å². The Balaban J connectivity index is 2.96. The van der Waals surface area contributed by atoms with Gasteiger partial charge in [0.2, 0.25) is 0 Å². The second-order valence-electron chi connectivity index (χ2n) is 3.29. The minimum atomic E-state index is -0.168. The molecular formula is C11H16ClNO. The van der Waals surface area contributed by atoms with Gasteiger partial charge in [-0.05, 0) is 24.0 Å². The maximum atomic E-state index is 8.79. The number of aryl methyl sites for hydroxylation is 1. The van der Waals surface area contributed by atoms with Crippen molar-refractivity contribution in [3.8, 4) is 0 Å². The second-order valence-corrected chi connectivity index (χ2v) is 3.67. The van der Waals surface area contributed by atoms with Crippen LogP contribution in [0.5, 0.6) is 0 Å². The third kappa shape index (κ3) is 2.47. The SMILES string of the molecule is CCc1cccc(C(N)CCO)c1Cl. The van der Waals surface area contributed by atoms with Crippen LogP contribution < -0.4 is 5.73 Å². The van der Waals surface area contributed by atoms with Crippen molar-refractivity contribution >= 4 is 11.6 Å². The van der Waals surface area contributed by atoms with Crippen LogP contribution in [0.3, 0.4) is 0 Å². The molecule has 0 fully saturated rings. The zero-order valence-corrected chi connectivity index (χ0v) is 9.09. The Morgan fingerprint density at radius 3 is 2.79 bits per heavy atom. The van der Waals surface area contributed by atoms with Crippen LogP contribution in [0.2, 0.25) is 5.02 Å². The van der Waals surface area contributed by atoms with Gasteiger partial charge < -0.3 is 10.8 Å². The molecule has 0 aliphatic rings. The van der Waals surface area contributed by atoms with Crippen molar-refractivity contribution < 1.29 is 5.11 Å². The van der Waals surface area contributed by atoms with Gasteiger partial charge in [-0.3, -0.25) is 0 Å². The standard InChI is InChI=1S/C11H16ClNO/c1-2-8-4-3-5-9(11(8)12)10(13)6-7-14/h3-5,10,14H,2,6-7,13H2,1H3.